The number of thiazole rings is 1. The van der Waals surface area contributed by atoms with Gasteiger partial charge in [-0.1, -0.05) is 11.8 Å². The summed E-state index contributed by atoms with van der Waals surface area (Å²) in [6, 6.07) is 7.13. The minimum Gasteiger partial charge on any atom is -0.497 e. The third kappa shape index (κ3) is 5.04. The number of nitrogens with zero attached hydrogens (tertiary/aromatic N) is 3. The molecule has 0 aliphatic carbocycles. The number of benzene rings is 1. The Morgan fingerprint density at radius 2 is 2.12 bits per heavy atom. The SMILES string of the molecule is COc1ccc(NC(=O)CSc2nnc(Cc3csc(C)n3)o2)cc1. The summed E-state index contributed by atoms with van der Waals surface area (Å²) in [5.41, 5.74) is 1.61. The molecule has 3 aromatic rings. The number of carbonyl (C=O) groups excluding carboxylic acids is 1. The molecule has 0 spiro atoms. The Morgan fingerprint density at radius 3 is 2.80 bits per heavy atom. The van der Waals surface area contributed by atoms with Gasteiger partial charge in [-0.25, -0.2) is 4.98 Å². The van der Waals surface area contributed by atoms with Crippen LogP contribution in [0, 0.1) is 6.92 Å². The lowest BCUT2D eigenvalue weighted by molar-refractivity contribution is -0.113. The van der Waals surface area contributed by atoms with Crippen LogP contribution in [0.1, 0.15) is 16.6 Å². The monoisotopic (exact) mass is 376 g/mol. The standard InChI is InChI=1S/C16H16N4O3S2/c1-10-17-12(8-24-10)7-15-19-20-16(23-15)25-9-14(21)18-11-3-5-13(22-2)6-4-11/h3-6,8H,7,9H2,1-2H3,(H,18,21). The van der Waals surface area contributed by atoms with E-state index in [9.17, 15) is 4.79 Å². The smallest absolute Gasteiger partial charge is 0.277 e. The van der Waals surface area contributed by atoms with Crippen molar-refractivity contribution in [1.29, 1.82) is 0 Å². The molecule has 0 bridgehead atoms. The summed E-state index contributed by atoms with van der Waals surface area (Å²) >= 11 is 2.78. The van der Waals surface area contributed by atoms with Crippen molar-refractivity contribution in [3.8, 4) is 5.75 Å². The molecule has 1 amide bonds. The number of carbonyl (C=O) groups is 1. The highest BCUT2D eigenvalue weighted by atomic mass is 32.2. The second-order valence-electron chi connectivity index (χ2n) is 5.06. The molecule has 0 aliphatic heterocycles. The van der Waals surface area contributed by atoms with Gasteiger partial charge in [-0.15, -0.1) is 21.5 Å². The van der Waals surface area contributed by atoms with Crippen LogP contribution in [0.25, 0.3) is 0 Å². The number of nitrogens with one attached hydrogen (secondary N) is 1. The largest absolute Gasteiger partial charge is 0.497 e. The summed E-state index contributed by atoms with van der Waals surface area (Å²) in [5, 5.41) is 14.1. The number of ether oxygens (including phenoxy) is 1. The zero-order valence-corrected chi connectivity index (χ0v) is 15.3. The fourth-order valence-electron chi connectivity index (χ4n) is 2.01. The molecule has 25 heavy (non-hydrogen) atoms. The molecule has 0 aliphatic rings. The van der Waals surface area contributed by atoms with E-state index in [-0.39, 0.29) is 11.7 Å². The normalized spacial score (nSPS) is 10.6. The van der Waals surface area contributed by atoms with Crippen LogP contribution in [0.15, 0.2) is 39.3 Å². The number of hydrogen-bond donors (Lipinski definition) is 1. The van der Waals surface area contributed by atoms with Gasteiger partial charge in [0.25, 0.3) is 5.22 Å². The first-order chi connectivity index (χ1) is 12.1. The van der Waals surface area contributed by atoms with E-state index in [0.29, 0.717) is 23.2 Å². The molecule has 2 heterocycles. The number of thioether (sulfide) groups is 1. The Morgan fingerprint density at radius 1 is 1.32 bits per heavy atom. The highest BCUT2D eigenvalue weighted by Crippen LogP contribution is 2.20. The van der Waals surface area contributed by atoms with Gasteiger partial charge >= 0.3 is 0 Å². The number of methoxy groups -OCH3 is 1. The van der Waals surface area contributed by atoms with Gasteiger partial charge in [0.1, 0.15) is 5.75 Å². The maximum absolute atomic E-state index is 12.0. The second-order valence-corrected chi connectivity index (χ2v) is 7.05. The van der Waals surface area contributed by atoms with E-state index in [0.717, 1.165) is 16.5 Å². The Bertz CT molecular complexity index is 845. The van der Waals surface area contributed by atoms with Crippen molar-refractivity contribution in [2.24, 2.45) is 0 Å². The van der Waals surface area contributed by atoms with Crippen LogP contribution in [0.2, 0.25) is 0 Å². The minimum absolute atomic E-state index is 0.148. The average molecular weight is 376 g/mol. The third-order valence-electron chi connectivity index (χ3n) is 3.15. The molecule has 130 valence electrons. The van der Waals surface area contributed by atoms with Gasteiger partial charge in [0, 0.05) is 11.1 Å². The molecule has 0 saturated heterocycles. The second kappa shape index (κ2) is 8.13. The molecule has 3 rings (SSSR count). The fourth-order valence-corrected chi connectivity index (χ4v) is 3.20. The number of rotatable bonds is 7. The third-order valence-corrected chi connectivity index (χ3v) is 4.79. The Hall–Kier alpha value is -2.39. The van der Waals surface area contributed by atoms with Gasteiger partial charge < -0.3 is 14.5 Å². The highest BCUT2D eigenvalue weighted by Gasteiger charge is 2.11. The van der Waals surface area contributed by atoms with Crippen molar-refractivity contribution in [2.45, 2.75) is 18.6 Å². The average Bonchev–Trinajstić information content (AvgIpc) is 3.23. The first-order valence-electron chi connectivity index (χ1n) is 7.42. The predicted octanol–water partition coefficient (Wildman–Crippen LogP) is 3.16. The molecule has 0 radical (unpaired) electrons. The van der Waals surface area contributed by atoms with Crippen LogP contribution < -0.4 is 10.1 Å². The van der Waals surface area contributed by atoms with E-state index >= 15 is 0 Å². The maximum atomic E-state index is 12.0. The van der Waals surface area contributed by atoms with Crippen LogP contribution in [-0.2, 0) is 11.2 Å². The van der Waals surface area contributed by atoms with E-state index in [1.165, 1.54) is 11.8 Å². The number of amides is 1. The molecular weight excluding hydrogens is 360 g/mol. The van der Waals surface area contributed by atoms with E-state index in [2.05, 4.69) is 20.5 Å². The number of aromatic nitrogens is 3. The van der Waals surface area contributed by atoms with Crippen molar-refractivity contribution in [2.75, 3.05) is 18.2 Å². The van der Waals surface area contributed by atoms with E-state index in [4.69, 9.17) is 9.15 Å². The Labute approximate surface area is 152 Å². The molecule has 0 saturated carbocycles. The summed E-state index contributed by atoms with van der Waals surface area (Å²) in [5.74, 6) is 1.26. The predicted molar refractivity (Wildman–Crippen MR) is 96.3 cm³/mol. The lowest BCUT2D eigenvalue weighted by atomic mass is 10.3. The first-order valence-corrected chi connectivity index (χ1v) is 9.29. The van der Waals surface area contributed by atoms with Gasteiger partial charge in [-0.2, -0.15) is 0 Å². The molecule has 0 atom stereocenters. The van der Waals surface area contributed by atoms with E-state index < -0.39 is 0 Å². The molecule has 0 fully saturated rings. The molecule has 7 nitrogen and oxygen atoms in total. The van der Waals surface area contributed by atoms with Crippen molar-refractivity contribution in [1.82, 2.24) is 15.2 Å². The fraction of sp³-hybridized carbons (Fsp3) is 0.250. The zero-order chi connectivity index (χ0) is 17.6. The number of anilines is 1. The van der Waals surface area contributed by atoms with Gasteiger partial charge in [0.15, 0.2) is 0 Å². The van der Waals surface area contributed by atoms with Crippen molar-refractivity contribution in [3.63, 3.8) is 0 Å². The van der Waals surface area contributed by atoms with Crippen molar-refractivity contribution >= 4 is 34.7 Å². The van der Waals surface area contributed by atoms with Crippen molar-refractivity contribution in [3.05, 3.63) is 46.2 Å². The quantitative estimate of drug-likeness (QED) is 0.633. The Balaban J connectivity index is 1.48. The van der Waals surface area contributed by atoms with Gasteiger partial charge in [0.2, 0.25) is 11.8 Å². The van der Waals surface area contributed by atoms with Crippen molar-refractivity contribution < 1.29 is 13.9 Å². The summed E-state index contributed by atoms with van der Waals surface area (Å²) in [7, 11) is 1.60. The van der Waals surface area contributed by atoms with E-state index in [1.54, 1.807) is 42.7 Å². The molecule has 1 aromatic carbocycles. The van der Waals surface area contributed by atoms with Crippen LogP contribution in [0.5, 0.6) is 5.75 Å². The Kier molecular flexibility index (Phi) is 5.67. The minimum atomic E-state index is -0.148. The van der Waals surface area contributed by atoms with Crippen LogP contribution in [-0.4, -0.2) is 34.0 Å². The van der Waals surface area contributed by atoms with Gasteiger partial charge in [-0.05, 0) is 31.2 Å². The molecule has 2 aromatic heterocycles. The van der Waals surface area contributed by atoms with Crippen LogP contribution in [0.4, 0.5) is 5.69 Å². The molecular formula is C16H16N4O3S2. The lowest BCUT2D eigenvalue weighted by Crippen LogP contribution is -2.13. The summed E-state index contributed by atoms with van der Waals surface area (Å²) in [6.07, 6.45) is 0.496. The molecule has 9 heteroatoms. The van der Waals surface area contributed by atoms with Crippen LogP contribution >= 0.6 is 23.1 Å². The molecule has 1 N–H and O–H groups in total. The summed E-state index contributed by atoms with van der Waals surface area (Å²) in [6.45, 7) is 1.95. The summed E-state index contributed by atoms with van der Waals surface area (Å²) in [4.78, 5) is 16.3. The summed E-state index contributed by atoms with van der Waals surface area (Å²) < 4.78 is 10.6. The maximum Gasteiger partial charge on any atom is 0.277 e. The highest BCUT2D eigenvalue weighted by molar-refractivity contribution is 7.99. The van der Waals surface area contributed by atoms with E-state index in [1.807, 2.05) is 12.3 Å². The molecule has 0 unspecified atom stereocenters. The topological polar surface area (TPSA) is 90.1 Å². The zero-order valence-electron chi connectivity index (χ0n) is 13.7. The lowest BCUT2D eigenvalue weighted by Gasteiger charge is -2.05. The number of hydrogen-bond acceptors (Lipinski definition) is 8. The first kappa shape index (κ1) is 17.4. The number of aryl methyl sites for hydroxylation is 1. The van der Waals surface area contributed by atoms with Gasteiger partial charge in [0.05, 0.1) is 30.0 Å². The van der Waals surface area contributed by atoms with Gasteiger partial charge in [-0.3, -0.25) is 4.79 Å². The van der Waals surface area contributed by atoms with Crippen LogP contribution in [0.3, 0.4) is 0 Å².